The Hall–Kier alpha value is -3.13. The van der Waals surface area contributed by atoms with Crippen molar-refractivity contribution in [1.82, 2.24) is 19.9 Å². The van der Waals surface area contributed by atoms with Gasteiger partial charge in [0.2, 0.25) is 11.8 Å². The Morgan fingerprint density at radius 3 is 2.57 bits per heavy atom. The van der Waals surface area contributed by atoms with Crippen molar-refractivity contribution in [2.75, 3.05) is 18.8 Å². The van der Waals surface area contributed by atoms with Crippen molar-refractivity contribution < 1.29 is 13.9 Å². The number of hydrogen-bond acceptors (Lipinski definition) is 7. The number of para-hydroxylation sites is 4. The predicted molar refractivity (Wildman–Crippen MR) is 115 cm³/mol. The van der Waals surface area contributed by atoms with Crippen LogP contribution in [-0.4, -0.2) is 50.7 Å². The van der Waals surface area contributed by atoms with Gasteiger partial charge in [-0.25, -0.2) is 15.0 Å². The van der Waals surface area contributed by atoms with Gasteiger partial charge in [0.25, 0.3) is 5.22 Å². The molecule has 0 N–H and O–H groups in total. The third-order valence-corrected chi connectivity index (χ3v) is 5.91. The van der Waals surface area contributed by atoms with Gasteiger partial charge in [-0.05, 0) is 24.3 Å². The summed E-state index contributed by atoms with van der Waals surface area (Å²) in [4.78, 5) is 27.8. The Bertz CT molecular complexity index is 1150. The third-order valence-electron chi connectivity index (χ3n) is 5.10. The van der Waals surface area contributed by atoms with Crippen LogP contribution in [0.2, 0.25) is 0 Å². The van der Waals surface area contributed by atoms with E-state index in [0.29, 0.717) is 29.9 Å². The Balaban J connectivity index is 1.12. The molecule has 4 aromatic rings. The number of thioether (sulfide) groups is 1. The van der Waals surface area contributed by atoms with Crippen LogP contribution < -0.4 is 4.74 Å². The number of oxazole rings is 1. The first-order valence-electron chi connectivity index (χ1n) is 9.89. The van der Waals surface area contributed by atoms with Crippen molar-refractivity contribution in [3.8, 4) is 5.88 Å². The van der Waals surface area contributed by atoms with Crippen molar-refractivity contribution in [2.45, 2.75) is 24.2 Å². The number of aromatic nitrogens is 3. The molecule has 2 aromatic heterocycles. The molecule has 1 aliphatic heterocycles. The zero-order valence-corrected chi connectivity index (χ0v) is 17.0. The average Bonchev–Trinajstić information content (AvgIpc) is 3.21. The van der Waals surface area contributed by atoms with E-state index < -0.39 is 0 Å². The van der Waals surface area contributed by atoms with Crippen molar-refractivity contribution in [1.29, 1.82) is 0 Å². The van der Waals surface area contributed by atoms with Gasteiger partial charge in [-0.15, -0.1) is 0 Å². The maximum Gasteiger partial charge on any atom is 0.257 e. The minimum atomic E-state index is 0.0363. The molecule has 0 bridgehead atoms. The fourth-order valence-corrected chi connectivity index (χ4v) is 4.26. The van der Waals surface area contributed by atoms with Crippen LogP contribution in [0.1, 0.15) is 12.8 Å². The molecule has 0 atom stereocenters. The molecule has 152 valence electrons. The number of amides is 1. The fourth-order valence-electron chi connectivity index (χ4n) is 3.52. The Morgan fingerprint density at radius 1 is 1.03 bits per heavy atom. The van der Waals surface area contributed by atoms with Crippen LogP contribution in [0.4, 0.5) is 0 Å². The molecule has 0 saturated carbocycles. The predicted octanol–water partition coefficient (Wildman–Crippen LogP) is 3.93. The first-order valence-corrected chi connectivity index (χ1v) is 10.9. The smallest absolute Gasteiger partial charge is 0.257 e. The van der Waals surface area contributed by atoms with Crippen molar-refractivity contribution >= 4 is 39.8 Å². The van der Waals surface area contributed by atoms with Crippen LogP contribution in [0.5, 0.6) is 5.88 Å². The van der Waals surface area contributed by atoms with Crippen LogP contribution in [0.25, 0.3) is 22.1 Å². The normalized spacial score (nSPS) is 15.0. The van der Waals surface area contributed by atoms with E-state index in [2.05, 4.69) is 15.0 Å². The summed E-state index contributed by atoms with van der Waals surface area (Å²) in [5.41, 5.74) is 3.21. The quantitative estimate of drug-likeness (QED) is 0.453. The van der Waals surface area contributed by atoms with Gasteiger partial charge in [0.15, 0.2) is 5.58 Å². The number of carbonyl (C=O) groups is 1. The molecule has 1 saturated heterocycles. The molecule has 0 radical (unpaired) electrons. The van der Waals surface area contributed by atoms with Crippen LogP contribution in [-0.2, 0) is 4.79 Å². The van der Waals surface area contributed by atoms with Crippen LogP contribution in [0.3, 0.4) is 0 Å². The Labute approximate surface area is 177 Å². The summed E-state index contributed by atoms with van der Waals surface area (Å²) in [6, 6.07) is 15.3. The molecule has 0 aliphatic carbocycles. The lowest BCUT2D eigenvalue weighted by Crippen LogP contribution is -2.42. The van der Waals surface area contributed by atoms with E-state index in [0.717, 1.165) is 35.0 Å². The second kappa shape index (κ2) is 8.31. The standard InChI is InChI=1S/C22H20N4O3S/c27-21(14-30-22-25-18-7-3-4-8-19(18)29-22)26-11-9-15(10-12-26)28-20-13-23-16-5-1-2-6-17(16)24-20/h1-8,13,15H,9-12,14H2. The molecular weight excluding hydrogens is 400 g/mol. The van der Waals surface area contributed by atoms with Crippen LogP contribution in [0, 0.1) is 0 Å². The number of nitrogens with zero attached hydrogens (tertiary/aromatic N) is 4. The van der Waals surface area contributed by atoms with Crippen molar-refractivity contribution in [2.24, 2.45) is 0 Å². The topological polar surface area (TPSA) is 81.4 Å². The van der Waals surface area contributed by atoms with Crippen LogP contribution in [0.15, 0.2) is 64.4 Å². The summed E-state index contributed by atoms with van der Waals surface area (Å²) in [6.45, 7) is 1.33. The first kappa shape index (κ1) is 18.9. The lowest BCUT2D eigenvalue weighted by atomic mass is 10.1. The average molecular weight is 420 g/mol. The molecule has 0 unspecified atom stereocenters. The molecule has 1 amide bonds. The highest BCUT2D eigenvalue weighted by atomic mass is 32.2. The molecule has 8 heteroatoms. The SMILES string of the molecule is O=C(CSc1nc2ccccc2o1)N1CCC(Oc2cnc3ccccc3n2)CC1. The van der Waals surface area contributed by atoms with Gasteiger partial charge in [-0.2, -0.15) is 0 Å². The zero-order valence-electron chi connectivity index (χ0n) is 16.2. The number of carbonyl (C=O) groups excluding carboxylic acids is 1. The van der Waals surface area contributed by atoms with Gasteiger partial charge >= 0.3 is 0 Å². The number of fused-ring (bicyclic) bond motifs is 2. The lowest BCUT2D eigenvalue weighted by Gasteiger charge is -2.31. The Morgan fingerprint density at radius 2 is 1.77 bits per heavy atom. The third kappa shape index (κ3) is 4.09. The molecule has 0 spiro atoms. The van der Waals surface area contributed by atoms with E-state index >= 15 is 0 Å². The molecule has 3 heterocycles. The summed E-state index contributed by atoms with van der Waals surface area (Å²) >= 11 is 1.33. The number of benzene rings is 2. The van der Waals surface area contributed by atoms with Crippen LogP contribution >= 0.6 is 11.8 Å². The van der Waals surface area contributed by atoms with E-state index in [1.807, 2.05) is 53.4 Å². The number of ether oxygens (including phenoxy) is 1. The number of hydrogen-bond donors (Lipinski definition) is 0. The summed E-state index contributed by atoms with van der Waals surface area (Å²) in [5.74, 6) is 0.935. The maximum atomic E-state index is 12.6. The molecule has 5 rings (SSSR count). The van der Waals surface area contributed by atoms with Gasteiger partial charge in [0, 0.05) is 25.9 Å². The molecule has 1 fully saturated rings. The van der Waals surface area contributed by atoms with Crippen molar-refractivity contribution in [3.63, 3.8) is 0 Å². The van der Waals surface area contributed by atoms with Gasteiger partial charge in [-0.3, -0.25) is 4.79 Å². The first-order chi connectivity index (χ1) is 14.7. The van der Waals surface area contributed by atoms with E-state index in [-0.39, 0.29) is 12.0 Å². The van der Waals surface area contributed by atoms with E-state index in [1.165, 1.54) is 11.8 Å². The zero-order chi connectivity index (χ0) is 20.3. The highest BCUT2D eigenvalue weighted by Gasteiger charge is 2.24. The fraction of sp³-hybridized carbons (Fsp3) is 0.273. The molecule has 2 aromatic carbocycles. The molecule has 30 heavy (non-hydrogen) atoms. The lowest BCUT2D eigenvalue weighted by molar-refractivity contribution is -0.130. The van der Waals surface area contributed by atoms with E-state index in [1.54, 1.807) is 6.20 Å². The second-order valence-electron chi connectivity index (χ2n) is 7.13. The molecular formula is C22H20N4O3S. The molecule has 7 nitrogen and oxygen atoms in total. The number of piperidine rings is 1. The van der Waals surface area contributed by atoms with Gasteiger partial charge in [0.1, 0.15) is 11.6 Å². The summed E-state index contributed by atoms with van der Waals surface area (Å²) in [6.07, 6.45) is 3.24. The monoisotopic (exact) mass is 420 g/mol. The van der Waals surface area contributed by atoms with Gasteiger partial charge < -0.3 is 14.1 Å². The Kier molecular flexibility index (Phi) is 5.23. The van der Waals surface area contributed by atoms with Crippen molar-refractivity contribution in [3.05, 3.63) is 54.7 Å². The summed E-state index contributed by atoms with van der Waals surface area (Å²) in [7, 11) is 0. The van der Waals surface area contributed by atoms with E-state index in [4.69, 9.17) is 9.15 Å². The second-order valence-corrected chi connectivity index (χ2v) is 8.06. The largest absolute Gasteiger partial charge is 0.473 e. The maximum absolute atomic E-state index is 12.6. The summed E-state index contributed by atoms with van der Waals surface area (Å²) < 4.78 is 11.7. The van der Waals surface area contributed by atoms with E-state index in [9.17, 15) is 4.79 Å². The number of rotatable bonds is 5. The minimum absolute atomic E-state index is 0.0363. The minimum Gasteiger partial charge on any atom is -0.473 e. The van der Waals surface area contributed by atoms with Gasteiger partial charge in [-0.1, -0.05) is 36.0 Å². The number of likely N-dealkylation sites (tertiary alicyclic amines) is 1. The highest BCUT2D eigenvalue weighted by molar-refractivity contribution is 7.99. The van der Waals surface area contributed by atoms with Gasteiger partial charge in [0.05, 0.1) is 23.0 Å². The summed E-state index contributed by atoms with van der Waals surface area (Å²) in [5, 5.41) is 0.526. The highest BCUT2D eigenvalue weighted by Crippen LogP contribution is 2.24. The molecule has 1 aliphatic rings.